The second kappa shape index (κ2) is 6.79. The SMILES string of the molecule is CC1=C(C2CC(NS(=O)(=O)c3ccccc3)C2)C2=C3C=CNC3NC=C2OB1O. The summed E-state index contributed by atoms with van der Waals surface area (Å²) in [5.41, 5.74) is 3.95. The Morgan fingerprint density at radius 3 is 2.72 bits per heavy atom. The number of hydrogen-bond acceptors (Lipinski definition) is 6. The third-order valence-electron chi connectivity index (χ3n) is 5.98. The van der Waals surface area contributed by atoms with E-state index in [1.165, 1.54) is 0 Å². The Morgan fingerprint density at radius 2 is 1.97 bits per heavy atom. The summed E-state index contributed by atoms with van der Waals surface area (Å²) in [6.07, 6.45) is 7.06. The topological polar surface area (TPSA) is 99.7 Å². The Bertz CT molecular complexity index is 1070. The number of dihydropyridines is 1. The Kier molecular flexibility index (Phi) is 4.34. The van der Waals surface area contributed by atoms with Crippen LogP contribution in [0.15, 0.2) is 81.7 Å². The Hall–Kier alpha value is -2.49. The van der Waals surface area contributed by atoms with Gasteiger partial charge in [0.15, 0.2) is 0 Å². The van der Waals surface area contributed by atoms with Crippen LogP contribution in [0.4, 0.5) is 0 Å². The Balaban J connectivity index is 1.38. The van der Waals surface area contributed by atoms with E-state index >= 15 is 0 Å². The fraction of sp³-hybridized carbons (Fsp3) is 0.300. The first-order valence-corrected chi connectivity index (χ1v) is 11.2. The van der Waals surface area contributed by atoms with Crippen LogP contribution in [0, 0.1) is 5.92 Å². The molecule has 1 aromatic carbocycles. The molecule has 4 aliphatic rings. The zero-order valence-corrected chi connectivity index (χ0v) is 16.7. The van der Waals surface area contributed by atoms with Crippen LogP contribution in [0.3, 0.4) is 0 Å². The number of benzene rings is 1. The zero-order valence-electron chi connectivity index (χ0n) is 15.9. The van der Waals surface area contributed by atoms with E-state index in [1.807, 2.05) is 19.2 Å². The minimum atomic E-state index is -3.53. The van der Waals surface area contributed by atoms with Gasteiger partial charge >= 0.3 is 7.12 Å². The standard InChI is InChI=1S/C20H22BN3O4S/c1-12-18(19-16-7-8-22-20(16)23-11-17(19)28-21(12)25)13-9-14(10-13)24-29(26,27)15-5-3-2-4-6-15/h2-8,11,13-14,20,22-25H,9-10H2,1H3. The van der Waals surface area contributed by atoms with Gasteiger partial charge in [-0.3, -0.25) is 0 Å². The summed E-state index contributed by atoms with van der Waals surface area (Å²) in [4.78, 5) is 0.277. The molecule has 5 rings (SSSR count). The lowest BCUT2D eigenvalue weighted by Crippen LogP contribution is -2.47. The van der Waals surface area contributed by atoms with Gasteiger partial charge in [-0.15, -0.1) is 0 Å². The molecule has 1 fully saturated rings. The molecule has 1 saturated carbocycles. The van der Waals surface area contributed by atoms with Gasteiger partial charge in [-0.25, -0.2) is 13.1 Å². The van der Waals surface area contributed by atoms with Crippen LogP contribution in [0.5, 0.6) is 0 Å². The lowest BCUT2D eigenvalue weighted by molar-refractivity contribution is 0.276. The molecule has 0 spiro atoms. The zero-order chi connectivity index (χ0) is 20.2. The highest BCUT2D eigenvalue weighted by Crippen LogP contribution is 2.46. The maximum absolute atomic E-state index is 12.6. The summed E-state index contributed by atoms with van der Waals surface area (Å²) >= 11 is 0. The van der Waals surface area contributed by atoms with Crippen molar-refractivity contribution < 1.29 is 18.1 Å². The number of allylic oxidation sites excluding steroid dienone is 2. The van der Waals surface area contributed by atoms with Crippen LogP contribution in [-0.2, 0) is 14.7 Å². The first-order valence-electron chi connectivity index (χ1n) is 9.70. The molecule has 1 aliphatic carbocycles. The van der Waals surface area contributed by atoms with Crippen molar-refractivity contribution in [2.75, 3.05) is 0 Å². The van der Waals surface area contributed by atoms with Crippen molar-refractivity contribution >= 4 is 17.1 Å². The van der Waals surface area contributed by atoms with Gasteiger partial charge in [0.2, 0.25) is 10.0 Å². The molecule has 0 radical (unpaired) electrons. The molecule has 0 saturated heterocycles. The van der Waals surface area contributed by atoms with E-state index in [0.29, 0.717) is 18.6 Å². The van der Waals surface area contributed by atoms with Gasteiger partial charge in [0.1, 0.15) is 11.9 Å². The number of nitrogens with one attached hydrogen (secondary N) is 3. The Labute approximate surface area is 170 Å². The highest BCUT2D eigenvalue weighted by atomic mass is 32.2. The van der Waals surface area contributed by atoms with Crippen LogP contribution in [0.25, 0.3) is 0 Å². The highest BCUT2D eigenvalue weighted by Gasteiger charge is 2.44. The van der Waals surface area contributed by atoms with Crippen molar-refractivity contribution in [1.29, 1.82) is 0 Å². The van der Waals surface area contributed by atoms with Gasteiger partial charge in [-0.2, -0.15) is 0 Å². The number of rotatable bonds is 4. The van der Waals surface area contributed by atoms with Crippen LogP contribution >= 0.6 is 0 Å². The molecule has 1 atom stereocenters. The van der Waals surface area contributed by atoms with Gasteiger partial charge in [-0.05, 0) is 61.1 Å². The lowest BCUT2D eigenvalue weighted by Gasteiger charge is -2.42. The molecule has 3 heterocycles. The molecule has 9 heteroatoms. The fourth-order valence-electron chi connectivity index (χ4n) is 4.44. The van der Waals surface area contributed by atoms with Gasteiger partial charge < -0.3 is 20.3 Å². The average Bonchev–Trinajstić information content (AvgIpc) is 3.16. The van der Waals surface area contributed by atoms with Crippen LogP contribution in [0.1, 0.15) is 19.8 Å². The quantitative estimate of drug-likeness (QED) is 0.558. The second-order valence-corrected chi connectivity index (χ2v) is 9.52. The van der Waals surface area contributed by atoms with Gasteiger partial charge in [0.25, 0.3) is 0 Å². The summed E-state index contributed by atoms with van der Waals surface area (Å²) < 4.78 is 33.7. The largest absolute Gasteiger partial charge is 0.555 e. The first-order chi connectivity index (χ1) is 13.9. The summed E-state index contributed by atoms with van der Waals surface area (Å²) in [5.74, 6) is 0.793. The third-order valence-corrected chi connectivity index (χ3v) is 7.51. The first kappa shape index (κ1) is 18.5. The molecule has 0 bridgehead atoms. The molecule has 3 aliphatic heterocycles. The van der Waals surface area contributed by atoms with E-state index in [2.05, 4.69) is 15.4 Å². The van der Waals surface area contributed by atoms with Crippen molar-refractivity contribution in [3.8, 4) is 0 Å². The molecular formula is C20H22BN3O4S. The number of hydrogen-bond donors (Lipinski definition) is 4. The molecular weight excluding hydrogens is 389 g/mol. The predicted octanol–water partition coefficient (Wildman–Crippen LogP) is 1.29. The summed E-state index contributed by atoms with van der Waals surface area (Å²) in [6.45, 7) is 1.88. The fourth-order valence-corrected chi connectivity index (χ4v) is 5.72. The number of fused-ring (bicyclic) bond motifs is 2. The Morgan fingerprint density at radius 1 is 1.21 bits per heavy atom. The minimum Gasteiger partial charge on any atom is -0.531 e. The van der Waals surface area contributed by atoms with Crippen LogP contribution in [0.2, 0.25) is 0 Å². The summed E-state index contributed by atoms with van der Waals surface area (Å²) in [5, 5.41) is 16.9. The van der Waals surface area contributed by atoms with E-state index in [9.17, 15) is 13.4 Å². The molecule has 1 unspecified atom stereocenters. The predicted molar refractivity (Wildman–Crippen MR) is 109 cm³/mol. The summed E-state index contributed by atoms with van der Waals surface area (Å²) in [6, 6.07) is 8.29. The van der Waals surface area contributed by atoms with Crippen molar-refractivity contribution in [2.45, 2.75) is 36.9 Å². The van der Waals surface area contributed by atoms with Crippen LogP contribution < -0.4 is 15.4 Å². The van der Waals surface area contributed by atoms with E-state index in [1.54, 1.807) is 36.5 Å². The molecule has 150 valence electrons. The normalized spacial score (nSPS) is 28.0. The third kappa shape index (κ3) is 3.10. The highest BCUT2D eigenvalue weighted by molar-refractivity contribution is 7.89. The molecule has 0 aromatic heterocycles. The number of sulfonamides is 1. The second-order valence-electron chi connectivity index (χ2n) is 7.81. The maximum atomic E-state index is 12.6. The van der Waals surface area contributed by atoms with Crippen molar-refractivity contribution in [3.05, 3.63) is 76.8 Å². The van der Waals surface area contributed by atoms with Gasteiger partial charge in [0, 0.05) is 23.4 Å². The van der Waals surface area contributed by atoms with Crippen molar-refractivity contribution in [1.82, 2.24) is 15.4 Å². The molecule has 7 nitrogen and oxygen atoms in total. The van der Waals surface area contributed by atoms with E-state index in [-0.39, 0.29) is 23.0 Å². The molecule has 1 aromatic rings. The van der Waals surface area contributed by atoms with E-state index in [4.69, 9.17) is 4.65 Å². The molecule has 0 amide bonds. The monoisotopic (exact) mass is 411 g/mol. The van der Waals surface area contributed by atoms with Crippen LogP contribution in [-0.4, -0.2) is 32.8 Å². The minimum absolute atomic E-state index is 0.0113. The molecule has 4 N–H and O–H groups in total. The van der Waals surface area contributed by atoms with Gasteiger partial charge in [-0.1, -0.05) is 18.2 Å². The molecule has 29 heavy (non-hydrogen) atoms. The lowest BCUT2D eigenvalue weighted by atomic mass is 9.63. The summed E-state index contributed by atoms with van der Waals surface area (Å²) in [7, 11) is -4.52. The smallest absolute Gasteiger partial charge is 0.531 e. The van der Waals surface area contributed by atoms with Crippen molar-refractivity contribution in [2.24, 2.45) is 5.92 Å². The average molecular weight is 411 g/mol. The van der Waals surface area contributed by atoms with Gasteiger partial charge in [0.05, 0.1) is 4.90 Å². The van der Waals surface area contributed by atoms with E-state index in [0.717, 1.165) is 22.2 Å². The maximum Gasteiger partial charge on any atom is 0.555 e. The van der Waals surface area contributed by atoms with Crippen molar-refractivity contribution in [3.63, 3.8) is 0 Å². The van der Waals surface area contributed by atoms with E-state index < -0.39 is 17.1 Å².